The van der Waals surface area contributed by atoms with Gasteiger partial charge in [0.2, 0.25) is 0 Å². The number of nitrogens with zero attached hydrogens (tertiary/aromatic N) is 3. The number of hydrogen-bond acceptors (Lipinski definition) is 6. The van der Waals surface area contributed by atoms with Crippen molar-refractivity contribution < 1.29 is 13.9 Å². The number of nitrogens with one attached hydrogen (secondary N) is 1. The molecule has 3 aromatic rings. The Morgan fingerprint density at radius 2 is 1.97 bits per heavy atom. The predicted octanol–water partition coefficient (Wildman–Crippen LogP) is 3.59. The van der Waals surface area contributed by atoms with Crippen molar-refractivity contribution in [1.29, 1.82) is 0 Å². The van der Waals surface area contributed by atoms with E-state index in [0.717, 1.165) is 26.2 Å². The minimum Gasteiger partial charge on any atom is -0.465 e. The Hall–Kier alpha value is -2.77. The molecule has 0 bridgehead atoms. The zero-order chi connectivity index (χ0) is 20.5. The molecule has 0 saturated carbocycles. The minimum atomic E-state index is -0.541. The Morgan fingerprint density at radius 1 is 1.24 bits per heavy atom. The summed E-state index contributed by atoms with van der Waals surface area (Å²) < 4.78 is 19.4. The number of piperazine rings is 1. The van der Waals surface area contributed by atoms with Gasteiger partial charge in [-0.25, -0.2) is 19.2 Å². The van der Waals surface area contributed by atoms with E-state index in [1.165, 1.54) is 13.2 Å². The van der Waals surface area contributed by atoms with E-state index >= 15 is 0 Å². The van der Waals surface area contributed by atoms with Crippen LogP contribution >= 0.6 is 11.6 Å². The van der Waals surface area contributed by atoms with Crippen molar-refractivity contribution in [2.75, 3.05) is 38.2 Å². The van der Waals surface area contributed by atoms with E-state index < -0.39 is 11.8 Å². The Kier molecular flexibility index (Phi) is 5.34. The normalized spacial score (nSPS) is 14.3. The first-order valence-corrected chi connectivity index (χ1v) is 9.68. The molecule has 4 rings (SSSR count). The van der Waals surface area contributed by atoms with Crippen LogP contribution < -0.4 is 10.2 Å². The van der Waals surface area contributed by atoms with Gasteiger partial charge in [0.05, 0.1) is 29.0 Å². The van der Waals surface area contributed by atoms with Crippen molar-refractivity contribution >= 4 is 34.3 Å². The monoisotopic (exact) mass is 414 g/mol. The third-order valence-corrected chi connectivity index (χ3v) is 5.31. The molecule has 0 radical (unpaired) electrons. The molecule has 1 saturated heterocycles. The number of pyridine rings is 2. The number of halogens is 2. The number of aryl methyl sites for hydroxylation is 1. The summed E-state index contributed by atoms with van der Waals surface area (Å²) in [6.45, 7) is 4.94. The van der Waals surface area contributed by atoms with E-state index in [0.29, 0.717) is 27.4 Å². The summed E-state index contributed by atoms with van der Waals surface area (Å²) in [5.41, 5.74) is 1.72. The predicted molar refractivity (Wildman–Crippen MR) is 111 cm³/mol. The lowest BCUT2D eigenvalue weighted by atomic mass is 10.0. The van der Waals surface area contributed by atoms with E-state index in [4.69, 9.17) is 16.3 Å². The maximum Gasteiger partial charge on any atom is 0.341 e. The van der Waals surface area contributed by atoms with Gasteiger partial charge in [0.15, 0.2) is 0 Å². The fraction of sp³-hybridized carbons (Fsp3) is 0.286. The van der Waals surface area contributed by atoms with Gasteiger partial charge in [-0.1, -0.05) is 23.7 Å². The molecule has 1 fully saturated rings. The summed E-state index contributed by atoms with van der Waals surface area (Å²) in [6.07, 6.45) is 0. The molecule has 8 heteroatoms. The lowest BCUT2D eigenvalue weighted by Gasteiger charge is -2.30. The standard InChI is InChI=1S/C21H20ClFN4O2/c1-12-17(21(28)29-2)19-14(20(25-12)27-9-7-24-8-10-27)11-15(22)18(26-19)13-5-3-4-6-16(13)23/h3-6,11,24H,7-10H2,1-2H3. The number of rotatable bonds is 3. The molecular weight excluding hydrogens is 395 g/mol. The maximum atomic E-state index is 14.4. The van der Waals surface area contributed by atoms with E-state index in [1.807, 2.05) is 0 Å². The quantitative estimate of drug-likeness (QED) is 0.660. The molecule has 0 spiro atoms. The highest BCUT2D eigenvalue weighted by atomic mass is 35.5. The van der Waals surface area contributed by atoms with Crippen LogP contribution in [0.5, 0.6) is 0 Å². The van der Waals surface area contributed by atoms with Crippen LogP contribution in [0.1, 0.15) is 16.1 Å². The average molecular weight is 415 g/mol. The molecule has 0 aliphatic carbocycles. The van der Waals surface area contributed by atoms with Crippen molar-refractivity contribution in [1.82, 2.24) is 15.3 Å². The van der Waals surface area contributed by atoms with E-state index in [2.05, 4.69) is 20.2 Å². The highest BCUT2D eigenvalue weighted by Crippen LogP contribution is 2.36. The molecule has 1 aliphatic rings. The summed E-state index contributed by atoms with van der Waals surface area (Å²) in [6, 6.07) is 7.99. The van der Waals surface area contributed by atoms with Crippen LogP contribution in [-0.4, -0.2) is 49.2 Å². The van der Waals surface area contributed by atoms with Gasteiger partial charge in [-0.2, -0.15) is 0 Å². The second kappa shape index (κ2) is 7.93. The molecule has 29 heavy (non-hydrogen) atoms. The number of esters is 1. The summed E-state index contributed by atoms with van der Waals surface area (Å²) in [4.78, 5) is 24.0. The molecule has 0 amide bonds. The third-order valence-electron chi connectivity index (χ3n) is 5.02. The number of benzene rings is 1. The summed E-state index contributed by atoms with van der Waals surface area (Å²) in [7, 11) is 1.31. The lowest BCUT2D eigenvalue weighted by Crippen LogP contribution is -2.44. The van der Waals surface area contributed by atoms with E-state index in [9.17, 15) is 9.18 Å². The van der Waals surface area contributed by atoms with Gasteiger partial charge in [0.25, 0.3) is 0 Å². The topological polar surface area (TPSA) is 67.3 Å². The number of carbonyl (C=O) groups excluding carboxylic acids is 1. The molecule has 1 aromatic carbocycles. The Bertz CT molecular complexity index is 1100. The molecule has 6 nitrogen and oxygen atoms in total. The number of aromatic nitrogens is 2. The molecule has 0 atom stereocenters. The molecule has 2 aromatic heterocycles. The number of fused-ring (bicyclic) bond motifs is 1. The fourth-order valence-electron chi connectivity index (χ4n) is 3.60. The van der Waals surface area contributed by atoms with Crippen molar-refractivity contribution in [3.63, 3.8) is 0 Å². The highest BCUT2D eigenvalue weighted by molar-refractivity contribution is 6.34. The van der Waals surface area contributed by atoms with Crippen LogP contribution in [-0.2, 0) is 4.74 Å². The molecular formula is C21H20ClFN4O2. The van der Waals surface area contributed by atoms with Gasteiger partial charge < -0.3 is 15.0 Å². The zero-order valence-electron chi connectivity index (χ0n) is 16.1. The lowest BCUT2D eigenvalue weighted by molar-refractivity contribution is 0.0601. The van der Waals surface area contributed by atoms with Gasteiger partial charge >= 0.3 is 5.97 Å². The smallest absolute Gasteiger partial charge is 0.341 e. The number of carbonyl (C=O) groups is 1. The van der Waals surface area contributed by atoms with Gasteiger partial charge in [0, 0.05) is 37.1 Å². The van der Waals surface area contributed by atoms with E-state index in [-0.39, 0.29) is 16.8 Å². The number of ether oxygens (including phenoxy) is 1. The third kappa shape index (κ3) is 3.52. The van der Waals surface area contributed by atoms with Crippen molar-refractivity contribution in [2.45, 2.75) is 6.92 Å². The van der Waals surface area contributed by atoms with Crippen LogP contribution in [0, 0.1) is 12.7 Å². The van der Waals surface area contributed by atoms with Crippen LogP contribution in [0.15, 0.2) is 30.3 Å². The molecule has 1 N–H and O–H groups in total. The fourth-order valence-corrected chi connectivity index (χ4v) is 3.86. The first kappa shape index (κ1) is 19.5. The first-order valence-electron chi connectivity index (χ1n) is 9.31. The van der Waals surface area contributed by atoms with Gasteiger partial charge in [0.1, 0.15) is 17.2 Å². The second-order valence-corrected chi connectivity index (χ2v) is 7.23. The van der Waals surface area contributed by atoms with Crippen LogP contribution in [0.25, 0.3) is 22.2 Å². The maximum absolute atomic E-state index is 14.4. The van der Waals surface area contributed by atoms with Gasteiger partial charge in [-0.15, -0.1) is 0 Å². The summed E-state index contributed by atoms with van der Waals surface area (Å²) >= 11 is 6.52. The van der Waals surface area contributed by atoms with Crippen molar-refractivity contribution in [3.8, 4) is 11.3 Å². The SMILES string of the molecule is COC(=O)c1c(C)nc(N2CCNCC2)c2cc(Cl)c(-c3ccccc3F)nc12. The molecule has 1 aliphatic heterocycles. The Labute approximate surface area is 172 Å². The molecule has 0 unspecified atom stereocenters. The van der Waals surface area contributed by atoms with E-state index in [1.54, 1.807) is 31.2 Å². The number of anilines is 1. The van der Waals surface area contributed by atoms with Gasteiger partial charge in [-0.05, 0) is 25.1 Å². The average Bonchev–Trinajstić information content (AvgIpc) is 2.74. The first-order chi connectivity index (χ1) is 14.0. The highest BCUT2D eigenvalue weighted by Gasteiger charge is 2.25. The zero-order valence-corrected chi connectivity index (χ0v) is 16.9. The Morgan fingerprint density at radius 3 is 2.66 bits per heavy atom. The number of hydrogen-bond donors (Lipinski definition) is 1. The molecule has 3 heterocycles. The van der Waals surface area contributed by atoms with Crippen LogP contribution in [0.2, 0.25) is 5.02 Å². The van der Waals surface area contributed by atoms with Gasteiger partial charge in [-0.3, -0.25) is 0 Å². The Balaban J connectivity index is 2.02. The number of methoxy groups -OCH3 is 1. The summed E-state index contributed by atoms with van der Waals surface area (Å²) in [5.74, 6) is -0.267. The van der Waals surface area contributed by atoms with Crippen LogP contribution in [0.3, 0.4) is 0 Å². The summed E-state index contributed by atoms with van der Waals surface area (Å²) in [5, 5.41) is 4.24. The van der Waals surface area contributed by atoms with Crippen molar-refractivity contribution in [3.05, 3.63) is 52.4 Å². The largest absolute Gasteiger partial charge is 0.465 e. The van der Waals surface area contributed by atoms with Crippen molar-refractivity contribution in [2.24, 2.45) is 0 Å². The minimum absolute atomic E-state index is 0.260. The second-order valence-electron chi connectivity index (χ2n) is 6.82. The van der Waals surface area contributed by atoms with Crippen LogP contribution in [0.4, 0.5) is 10.2 Å². The molecule has 150 valence electrons.